The molecule has 1 aromatic carbocycles. The highest BCUT2D eigenvalue weighted by atomic mass is 32.2. The Morgan fingerprint density at radius 3 is 2.46 bits per heavy atom. The first-order chi connectivity index (χ1) is 13.2. The fourth-order valence-electron chi connectivity index (χ4n) is 7.39. The van der Waals surface area contributed by atoms with Crippen molar-refractivity contribution in [1.29, 1.82) is 0 Å². The van der Waals surface area contributed by atoms with Gasteiger partial charge in [0.2, 0.25) is 10.0 Å². The summed E-state index contributed by atoms with van der Waals surface area (Å²) in [6.45, 7) is 5.83. The highest BCUT2D eigenvalue weighted by molar-refractivity contribution is 7.89. The summed E-state index contributed by atoms with van der Waals surface area (Å²) < 4.78 is 28.7. The van der Waals surface area contributed by atoms with Crippen molar-refractivity contribution >= 4 is 10.0 Å². The highest BCUT2D eigenvalue weighted by Gasteiger charge is 2.64. The minimum Gasteiger partial charge on any atom is -0.327 e. The van der Waals surface area contributed by atoms with Crippen LogP contribution in [0, 0.1) is 16.7 Å². The third kappa shape index (κ3) is 2.45. The van der Waals surface area contributed by atoms with Gasteiger partial charge in [-0.15, -0.1) is 0 Å². The third-order valence-corrected chi connectivity index (χ3v) is 11.5. The molecule has 3 atom stereocenters. The van der Waals surface area contributed by atoms with E-state index in [4.69, 9.17) is 5.73 Å². The molecule has 1 spiro atoms. The number of aryl methyl sites for hydroxylation is 1. The molecule has 1 heterocycles. The predicted molar refractivity (Wildman–Crippen MR) is 113 cm³/mol. The molecule has 3 aliphatic carbocycles. The number of nitrogens with two attached hydrogens (primary N) is 1. The molecule has 28 heavy (non-hydrogen) atoms. The van der Waals surface area contributed by atoms with Gasteiger partial charge in [0.15, 0.2) is 0 Å². The van der Waals surface area contributed by atoms with E-state index >= 15 is 0 Å². The monoisotopic (exact) mass is 402 g/mol. The van der Waals surface area contributed by atoms with Crippen LogP contribution in [0.25, 0.3) is 0 Å². The Labute approximate surface area is 169 Å². The van der Waals surface area contributed by atoms with Gasteiger partial charge in [0.25, 0.3) is 0 Å². The van der Waals surface area contributed by atoms with Crippen LogP contribution in [-0.4, -0.2) is 37.6 Å². The van der Waals surface area contributed by atoms with Gasteiger partial charge < -0.3 is 5.73 Å². The fourth-order valence-corrected chi connectivity index (χ4v) is 9.69. The summed E-state index contributed by atoms with van der Waals surface area (Å²) in [5.74, 6) is 0.825. The predicted octanol–water partition coefficient (Wildman–Crippen LogP) is 3.45. The van der Waals surface area contributed by atoms with Gasteiger partial charge in [-0.05, 0) is 72.8 Å². The van der Waals surface area contributed by atoms with Gasteiger partial charge >= 0.3 is 0 Å². The van der Waals surface area contributed by atoms with Crippen LogP contribution in [0.4, 0.5) is 0 Å². The van der Waals surface area contributed by atoms with Crippen LogP contribution < -0.4 is 5.73 Å². The molecule has 1 saturated heterocycles. The topological polar surface area (TPSA) is 63.4 Å². The second-order valence-electron chi connectivity index (χ2n) is 10.5. The number of piperidine rings is 1. The van der Waals surface area contributed by atoms with Gasteiger partial charge in [-0.25, -0.2) is 12.7 Å². The van der Waals surface area contributed by atoms with Gasteiger partial charge in [-0.2, -0.15) is 0 Å². The lowest BCUT2D eigenvalue weighted by Crippen LogP contribution is -2.53. The second kappa shape index (κ2) is 6.05. The van der Waals surface area contributed by atoms with E-state index in [-0.39, 0.29) is 28.0 Å². The Morgan fingerprint density at radius 1 is 1.11 bits per heavy atom. The molecule has 154 valence electrons. The van der Waals surface area contributed by atoms with Crippen molar-refractivity contribution in [2.45, 2.75) is 70.3 Å². The maximum atomic E-state index is 13.5. The zero-order valence-corrected chi connectivity index (χ0v) is 18.1. The van der Waals surface area contributed by atoms with Crippen molar-refractivity contribution in [2.75, 3.05) is 18.8 Å². The summed E-state index contributed by atoms with van der Waals surface area (Å²) in [5, 5.41) is 0. The van der Waals surface area contributed by atoms with Crippen LogP contribution in [0.15, 0.2) is 24.3 Å². The molecular weight excluding hydrogens is 368 g/mol. The molecule has 0 amide bonds. The Hall–Kier alpha value is -0.910. The minimum absolute atomic E-state index is 0.0221. The molecule has 5 heteroatoms. The largest absolute Gasteiger partial charge is 0.327 e. The minimum atomic E-state index is -3.28. The fraction of sp³-hybridized carbons (Fsp3) is 0.739. The van der Waals surface area contributed by atoms with Crippen molar-refractivity contribution in [2.24, 2.45) is 22.5 Å². The van der Waals surface area contributed by atoms with Gasteiger partial charge in [0.05, 0.1) is 5.75 Å². The molecule has 1 unspecified atom stereocenters. The Kier molecular flexibility index (Phi) is 4.12. The highest BCUT2D eigenvalue weighted by Crippen LogP contribution is 2.65. The molecule has 1 aromatic rings. The van der Waals surface area contributed by atoms with Crippen LogP contribution in [-0.2, 0) is 21.9 Å². The summed E-state index contributed by atoms with van der Waals surface area (Å²) in [5.41, 5.74) is 9.45. The van der Waals surface area contributed by atoms with Crippen molar-refractivity contribution in [3.8, 4) is 0 Å². The molecule has 3 fully saturated rings. The van der Waals surface area contributed by atoms with Crippen LogP contribution in [0.5, 0.6) is 0 Å². The second-order valence-corrected chi connectivity index (χ2v) is 12.5. The lowest BCUT2D eigenvalue weighted by atomic mass is 9.69. The van der Waals surface area contributed by atoms with E-state index in [2.05, 4.69) is 38.1 Å². The standard InChI is InChI=1S/C23H34N2O2S/c1-21(2)18-8-10-23(21,20(24)15-18)16-28(26,27)25-13-11-22(12-14-25)9-7-17-5-3-4-6-19(17)22/h3-6,18,20H,7-16,24H2,1-2H3/t18-,20-,23?/m0/s1. The number of sulfonamides is 1. The average molecular weight is 403 g/mol. The Balaban J connectivity index is 1.34. The smallest absolute Gasteiger partial charge is 0.214 e. The van der Waals surface area contributed by atoms with Crippen LogP contribution in [0.3, 0.4) is 0 Å². The molecule has 0 aromatic heterocycles. The van der Waals surface area contributed by atoms with E-state index in [0.29, 0.717) is 19.0 Å². The number of nitrogens with zero attached hydrogens (tertiary/aromatic N) is 1. The van der Waals surface area contributed by atoms with Gasteiger partial charge in [-0.1, -0.05) is 38.1 Å². The van der Waals surface area contributed by atoms with E-state index in [1.807, 2.05) is 0 Å². The van der Waals surface area contributed by atoms with E-state index in [1.54, 1.807) is 4.31 Å². The first-order valence-electron chi connectivity index (χ1n) is 11.0. The zero-order chi connectivity index (χ0) is 19.8. The zero-order valence-electron chi connectivity index (χ0n) is 17.3. The number of fused-ring (bicyclic) bond motifs is 4. The first kappa shape index (κ1) is 19.1. The maximum absolute atomic E-state index is 13.5. The molecule has 5 rings (SSSR count). The van der Waals surface area contributed by atoms with Crippen LogP contribution in [0.1, 0.15) is 63.5 Å². The molecule has 1 aliphatic heterocycles. The van der Waals surface area contributed by atoms with Crippen molar-refractivity contribution in [1.82, 2.24) is 4.31 Å². The van der Waals surface area contributed by atoms with Crippen LogP contribution in [0.2, 0.25) is 0 Å². The normalized spacial score (nSPS) is 36.1. The first-order valence-corrected chi connectivity index (χ1v) is 12.6. The molecule has 2 bridgehead atoms. The molecule has 2 saturated carbocycles. The molecule has 0 radical (unpaired) electrons. The third-order valence-electron chi connectivity index (χ3n) is 9.47. The van der Waals surface area contributed by atoms with Gasteiger partial charge in [0, 0.05) is 24.5 Å². The molecular formula is C23H34N2O2S. The van der Waals surface area contributed by atoms with Crippen LogP contribution >= 0.6 is 0 Å². The number of benzene rings is 1. The summed E-state index contributed by atoms with van der Waals surface area (Å²) in [4.78, 5) is 0. The Bertz CT molecular complexity index is 886. The van der Waals surface area contributed by atoms with Crippen molar-refractivity contribution in [3.63, 3.8) is 0 Å². The van der Waals surface area contributed by atoms with E-state index in [9.17, 15) is 8.42 Å². The summed E-state index contributed by atoms with van der Waals surface area (Å²) >= 11 is 0. The van der Waals surface area contributed by atoms with Crippen molar-refractivity contribution in [3.05, 3.63) is 35.4 Å². The quantitative estimate of drug-likeness (QED) is 0.842. The lowest BCUT2D eigenvalue weighted by Gasteiger charge is -2.44. The average Bonchev–Trinajstić information content (AvgIpc) is 3.19. The van der Waals surface area contributed by atoms with E-state index < -0.39 is 10.0 Å². The molecule has 4 nitrogen and oxygen atoms in total. The molecule has 2 N–H and O–H groups in total. The summed E-state index contributed by atoms with van der Waals surface area (Å²) in [6.07, 6.45) is 7.30. The SMILES string of the molecule is CC1(C)[C@H]2CCC1(CS(=O)(=O)N1CCC3(CCc4ccccc43)CC1)[C@@H](N)C2. The number of hydrogen-bond donors (Lipinski definition) is 1. The summed E-state index contributed by atoms with van der Waals surface area (Å²) in [7, 11) is -3.28. The summed E-state index contributed by atoms with van der Waals surface area (Å²) in [6, 6.07) is 8.79. The van der Waals surface area contributed by atoms with Crippen molar-refractivity contribution < 1.29 is 8.42 Å². The number of rotatable bonds is 3. The van der Waals surface area contributed by atoms with Gasteiger partial charge in [0.1, 0.15) is 0 Å². The maximum Gasteiger partial charge on any atom is 0.214 e. The van der Waals surface area contributed by atoms with E-state index in [1.165, 1.54) is 17.5 Å². The van der Waals surface area contributed by atoms with Gasteiger partial charge in [-0.3, -0.25) is 0 Å². The lowest BCUT2D eigenvalue weighted by molar-refractivity contribution is 0.136. The Morgan fingerprint density at radius 2 is 1.82 bits per heavy atom. The van der Waals surface area contributed by atoms with E-state index in [0.717, 1.165) is 38.5 Å². The number of hydrogen-bond acceptors (Lipinski definition) is 3. The molecule has 4 aliphatic rings.